The molecule has 0 aliphatic carbocycles. The number of nitrogens with one attached hydrogen (secondary N) is 1. The summed E-state index contributed by atoms with van der Waals surface area (Å²) in [5.41, 5.74) is 0.996. The van der Waals surface area contributed by atoms with E-state index in [9.17, 15) is 9.59 Å². The molecule has 0 unspecified atom stereocenters. The average molecular weight is 362 g/mol. The fourth-order valence-electron chi connectivity index (χ4n) is 3.70. The Morgan fingerprint density at radius 2 is 2.12 bits per heavy atom. The fourth-order valence-corrected chi connectivity index (χ4v) is 3.70. The Morgan fingerprint density at radius 1 is 1.35 bits per heavy atom. The van der Waals surface area contributed by atoms with Gasteiger partial charge in [0.25, 0.3) is 0 Å². The highest BCUT2D eigenvalue weighted by Crippen LogP contribution is 2.24. The first kappa shape index (κ1) is 18.9. The zero-order valence-electron chi connectivity index (χ0n) is 15.8. The molecule has 144 valence electrons. The zero-order chi connectivity index (χ0) is 18.5. The molecule has 7 heteroatoms. The molecule has 2 aliphatic rings. The molecule has 7 nitrogen and oxygen atoms in total. The van der Waals surface area contributed by atoms with E-state index in [1.165, 1.54) is 0 Å². The molecule has 0 saturated carbocycles. The van der Waals surface area contributed by atoms with E-state index in [1.807, 2.05) is 29.5 Å². The largest absolute Gasteiger partial charge is 0.381 e. The van der Waals surface area contributed by atoms with Gasteiger partial charge in [-0.25, -0.2) is 0 Å². The van der Waals surface area contributed by atoms with Gasteiger partial charge in [-0.1, -0.05) is 13.8 Å². The second-order valence-corrected chi connectivity index (χ2v) is 7.86. The smallest absolute Gasteiger partial charge is 0.223 e. The van der Waals surface area contributed by atoms with E-state index in [0.29, 0.717) is 44.3 Å². The normalized spacial score (nSPS) is 20.9. The van der Waals surface area contributed by atoms with Crippen LogP contribution in [0, 0.1) is 11.8 Å². The summed E-state index contributed by atoms with van der Waals surface area (Å²) in [7, 11) is 0. The second-order valence-electron chi connectivity index (χ2n) is 7.86. The molecule has 1 saturated heterocycles. The van der Waals surface area contributed by atoms with Crippen molar-refractivity contribution in [1.29, 1.82) is 0 Å². The van der Waals surface area contributed by atoms with Crippen LogP contribution in [0.4, 0.5) is 0 Å². The Kier molecular flexibility index (Phi) is 6.29. The maximum atomic E-state index is 12.5. The minimum atomic E-state index is -0.0976. The quantitative estimate of drug-likeness (QED) is 0.836. The highest BCUT2D eigenvalue weighted by atomic mass is 16.5. The SMILES string of the molecule is CC(C)CC(=O)N1Cc2ccnn2[C@H](CC(=O)NCC2CCOCC2)C1. The van der Waals surface area contributed by atoms with E-state index in [2.05, 4.69) is 10.4 Å². The highest BCUT2D eigenvalue weighted by molar-refractivity contribution is 5.78. The predicted molar refractivity (Wildman–Crippen MR) is 97.3 cm³/mol. The van der Waals surface area contributed by atoms with E-state index in [1.54, 1.807) is 6.20 Å². The van der Waals surface area contributed by atoms with E-state index < -0.39 is 0 Å². The molecule has 1 atom stereocenters. The van der Waals surface area contributed by atoms with Crippen LogP contribution < -0.4 is 5.32 Å². The third-order valence-electron chi connectivity index (χ3n) is 5.17. The first-order chi connectivity index (χ1) is 12.5. The van der Waals surface area contributed by atoms with Gasteiger partial charge in [-0.2, -0.15) is 5.10 Å². The van der Waals surface area contributed by atoms with Crippen molar-refractivity contribution in [3.05, 3.63) is 18.0 Å². The summed E-state index contributed by atoms with van der Waals surface area (Å²) in [6, 6.07) is 1.83. The van der Waals surface area contributed by atoms with Gasteiger partial charge in [0.15, 0.2) is 0 Å². The molecule has 3 rings (SSSR count). The molecule has 0 spiro atoms. The Bertz CT molecular complexity index is 622. The third-order valence-corrected chi connectivity index (χ3v) is 5.17. The van der Waals surface area contributed by atoms with Gasteiger partial charge in [0, 0.05) is 38.9 Å². The highest BCUT2D eigenvalue weighted by Gasteiger charge is 2.30. The molecule has 3 heterocycles. The Morgan fingerprint density at radius 3 is 2.85 bits per heavy atom. The Hall–Kier alpha value is -1.89. The van der Waals surface area contributed by atoms with Crippen molar-refractivity contribution in [2.45, 2.75) is 52.1 Å². The van der Waals surface area contributed by atoms with Crippen LogP contribution in [0.2, 0.25) is 0 Å². The molecule has 0 radical (unpaired) electrons. The number of rotatable bonds is 6. The van der Waals surface area contributed by atoms with Gasteiger partial charge in [-0.15, -0.1) is 0 Å². The lowest BCUT2D eigenvalue weighted by Crippen LogP contribution is -2.43. The molecular formula is C19H30N4O3. The number of hydrogen-bond acceptors (Lipinski definition) is 4. The molecule has 1 aromatic rings. The molecule has 26 heavy (non-hydrogen) atoms. The zero-order valence-corrected chi connectivity index (χ0v) is 15.8. The van der Waals surface area contributed by atoms with Crippen LogP contribution in [0.15, 0.2) is 12.3 Å². The lowest BCUT2D eigenvalue weighted by atomic mass is 10.0. The van der Waals surface area contributed by atoms with Crippen LogP contribution in [-0.2, 0) is 20.9 Å². The number of carbonyl (C=O) groups excluding carboxylic acids is 2. The molecule has 0 aromatic carbocycles. The lowest BCUT2D eigenvalue weighted by molar-refractivity contribution is -0.135. The average Bonchev–Trinajstić information content (AvgIpc) is 3.09. The molecule has 1 fully saturated rings. The molecule has 2 amide bonds. The third kappa shape index (κ3) is 4.84. The number of fused-ring (bicyclic) bond motifs is 1. The summed E-state index contributed by atoms with van der Waals surface area (Å²) in [6.07, 6.45) is 4.65. The first-order valence-electron chi connectivity index (χ1n) is 9.67. The lowest BCUT2D eigenvalue weighted by Gasteiger charge is -2.34. The van der Waals surface area contributed by atoms with Crippen LogP contribution in [0.5, 0.6) is 0 Å². The second kappa shape index (κ2) is 8.66. The number of hydrogen-bond donors (Lipinski definition) is 1. The number of aromatic nitrogens is 2. The Labute approximate surface area is 155 Å². The van der Waals surface area contributed by atoms with E-state index in [0.717, 1.165) is 31.7 Å². The van der Waals surface area contributed by atoms with Crippen LogP contribution in [0.25, 0.3) is 0 Å². The molecule has 1 aromatic heterocycles. The maximum absolute atomic E-state index is 12.5. The van der Waals surface area contributed by atoms with E-state index in [4.69, 9.17) is 4.74 Å². The van der Waals surface area contributed by atoms with Gasteiger partial charge < -0.3 is 15.0 Å². The summed E-state index contributed by atoms with van der Waals surface area (Å²) in [5, 5.41) is 7.44. The van der Waals surface area contributed by atoms with Crippen molar-refractivity contribution < 1.29 is 14.3 Å². The Balaban J connectivity index is 1.57. The molecule has 1 N–H and O–H groups in total. The number of ether oxygens (including phenoxy) is 1. The van der Waals surface area contributed by atoms with E-state index in [-0.39, 0.29) is 17.9 Å². The topological polar surface area (TPSA) is 76.5 Å². The monoisotopic (exact) mass is 362 g/mol. The number of carbonyl (C=O) groups is 2. The predicted octanol–water partition coefficient (Wildman–Crippen LogP) is 1.75. The summed E-state index contributed by atoms with van der Waals surface area (Å²) < 4.78 is 7.27. The van der Waals surface area contributed by atoms with Gasteiger partial charge in [-0.05, 0) is 30.7 Å². The van der Waals surface area contributed by atoms with Crippen LogP contribution >= 0.6 is 0 Å². The summed E-state index contributed by atoms with van der Waals surface area (Å²) in [4.78, 5) is 26.8. The molecule has 2 aliphatic heterocycles. The fraction of sp³-hybridized carbons (Fsp3) is 0.737. The number of amides is 2. The van der Waals surface area contributed by atoms with Crippen LogP contribution in [0.1, 0.15) is 51.3 Å². The first-order valence-corrected chi connectivity index (χ1v) is 9.67. The minimum absolute atomic E-state index is 0.0288. The summed E-state index contributed by atoms with van der Waals surface area (Å²) in [6.45, 7) is 7.49. The molecule has 0 bridgehead atoms. The van der Waals surface area contributed by atoms with Gasteiger partial charge in [0.2, 0.25) is 11.8 Å². The van der Waals surface area contributed by atoms with Gasteiger partial charge in [0.05, 0.1) is 24.7 Å². The van der Waals surface area contributed by atoms with Crippen molar-refractivity contribution >= 4 is 11.8 Å². The van der Waals surface area contributed by atoms with Crippen molar-refractivity contribution in [2.75, 3.05) is 26.3 Å². The van der Waals surface area contributed by atoms with Crippen molar-refractivity contribution in [1.82, 2.24) is 20.0 Å². The van der Waals surface area contributed by atoms with Crippen molar-refractivity contribution in [3.63, 3.8) is 0 Å². The summed E-state index contributed by atoms with van der Waals surface area (Å²) >= 11 is 0. The maximum Gasteiger partial charge on any atom is 0.223 e. The van der Waals surface area contributed by atoms with Crippen LogP contribution in [0.3, 0.4) is 0 Å². The van der Waals surface area contributed by atoms with Crippen LogP contribution in [-0.4, -0.2) is 52.8 Å². The van der Waals surface area contributed by atoms with Crippen molar-refractivity contribution in [3.8, 4) is 0 Å². The van der Waals surface area contributed by atoms with Crippen molar-refractivity contribution in [2.24, 2.45) is 11.8 Å². The molecular weight excluding hydrogens is 332 g/mol. The standard InChI is InChI=1S/C19H30N4O3/c1-14(2)9-19(25)22-12-16-3-6-21-23(16)17(13-22)10-18(24)20-11-15-4-7-26-8-5-15/h3,6,14-15,17H,4-5,7-13H2,1-2H3,(H,20,24)/t17-/m1/s1. The van der Waals surface area contributed by atoms with Gasteiger partial charge in [-0.3, -0.25) is 14.3 Å². The number of nitrogens with zero attached hydrogens (tertiary/aromatic N) is 3. The van der Waals surface area contributed by atoms with E-state index >= 15 is 0 Å². The van der Waals surface area contributed by atoms with Gasteiger partial charge in [0.1, 0.15) is 0 Å². The van der Waals surface area contributed by atoms with Gasteiger partial charge >= 0.3 is 0 Å². The summed E-state index contributed by atoms with van der Waals surface area (Å²) in [5.74, 6) is 1.01. The minimum Gasteiger partial charge on any atom is -0.381 e.